The quantitative estimate of drug-likeness (QED) is 0.165. The fraction of sp³-hybridized carbons (Fsp3) is 0.206. The van der Waals surface area contributed by atoms with Crippen molar-refractivity contribution in [2.75, 3.05) is 0 Å². The molecule has 6 aliphatic rings. The average molecular weight is 883 g/mol. The van der Waals surface area contributed by atoms with E-state index in [4.69, 9.17) is 14.4 Å². The molecule has 2 aromatic heterocycles. The molecule has 0 fully saturated rings. The number of hydrogen-bond donors (Lipinski definition) is 1. The molecule has 68 heavy (non-hydrogen) atoms. The van der Waals surface area contributed by atoms with Crippen molar-refractivity contribution in [3.63, 3.8) is 0 Å². The Balaban J connectivity index is 1.04. The lowest BCUT2D eigenvalue weighted by Crippen LogP contribution is -2.34. The van der Waals surface area contributed by atoms with Crippen molar-refractivity contribution >= 4 is 66.9 Å². The van der Waals surface area contributed by atoms with Gasteiger partial charge in [0.05, 0.1) is 11.0 Å². The highest BCUT2D eigenvalue weighted by Crippen LogP contribution is 2.46. The summed E-state index contributed by atoms with van der Waals surface area (Å²) in [6.45, 7) is 0. The topological polar surface area (TPSA) is 54.8 Å². The third-order valence-electron chi connectivity index (χ3n) is 14.8. The molecule has 5 aromatic carbocycles. The van der Waals surface area contributed by atoms with Gasteiger partial charge in [-0.15, -0.1) is 0 Å². The average Bonchev–Trinajstić information content (AvgIpc) is 3.98. The number of allylic oxidation sites excluding steroid dienone is 14. The summed E-state index contributed by atoms with van der Waals surface area (Å²) in [7, 11) is 0. The van der Waals surface area contributed by atoms with E-state index < -0.39 is 0 Å². The second-order valence-electron chi connectivity index (χ2n) is 19.1. The minimum atomic E-state index is -0.301. The monoisotopic (exact) mass is 882 g/mol. The second kappa shape index (κ2) is 17.3. The summed E-state index contributed by atoms with van der Waals surface area (Å²) in [6, 6.07) is 38.4. The van der Waals surface area contributed by atoms with Crippen LogP contribution in [0.15, 0.2) is 190 Å². The molecule has 1 aliphatic heterocycles. The maximum absolute atomic E-state index is 7.20. The summed E-state index contributed by atoms with van der Waals surface area (Å²) in [4.78, 5) is 11.1. The molecule has 0 saturated carbocycles. The Bertz CT molecular complexity index is 3530. The predicted octanol–water partition coefficient (Wildman–Crippen LogP) is 16.2. The molecule has 1 unspecified atom stereocenters. The predicted molar refractivity (Wildman–Crippen MR) is 285 cm³/mol. The Labute approximate surface area is 398 Å². The van der Waals surface area contributed by atoms with Crippen LogP contribution in [0.1, 0.15) is 116 Å². The normalized spacial score (nSPS) is 19.2. The SMILES string of the molecule is C1=CCCC(C2=NC(c3cc(-c4cc(C5=CCCC=C5)cc(C5=CCCCC5)c4)ccc3C3=CCCc4oc5c(ccc6c7ccccc7n(C7=CC=CCC7)c65)c43)=NC(c3ccccc3)N2)=C1. The Hall–Kier alpha value is -7.50. The van der Waals surface area contributed by atoms with Crippen LogP contribution < -0.4 is 5.32 Å². The first-order valence-electron chi connectivity index (χ1n) is 25.0. The molecule has 332 valence electrons. The van der Waals surface area contributed by atoms with Crippen LogP contribution in [0, 0.1) is 0 Å². The first-order valence-corrected chi connectivity index (χ1v) is 25.0. The van der Waals surface area contributed by atoms with Gasteiger partial charge in [-0.1, -0.05) is 127 Å². The molecule has 7 aromatic rings. The molecule has 0 amide bonds. The van der Waals surface area contributed by atoms with E-state index in [9.17, 15) is 0 Å². The summed E-state index contributed by atoms with van der Waals surface area (Å²) < 4.78 is 9.67. The molecule has 5 nitrogen and oxygen atoms in total. The summed E-state index contributed by atoms with van der Waals surface area (Å²) in [5.74, 6) is 2.67. The van der Waals surface area contributed by atoms with Crippen molar-refractivity contribution in [3.8, 4) is 11.1 Å². The highest BCUT2D eigenvalue weighted by Gasteiger charge is 2.30. The van der Waals surface area contributed by atoms with Gasteiger partial charge in [0, 0.05) is 39.4 Å². The molecule has 1 atom stereocenters. The maximum Gasteiger partial charge on any atom is 0.160 e. The standard InChI is InChI=1S/C63H54N4O/c1-6-19-41(20-7-1)46-37-47(42-21-8-2-9-22-42)39-48(38-46)45-33-34-50(55(40-45)63-65-61(43-23-10-3-11-24-43)64-62(66-63)44-25-12-4-13-26-44)52-30-18-32-57-58(52)54-36-35-53-51-29-16-17-31-56(51)67(59(53)60(54)68-57)49-27-14-5-15-28-49/h3-6,10-12,14,16-17,19-21,23-25,27,29-31,33-40,61H,1-2,7-9,13,15,18,22,26,28,32H2,(H,64,65,66). The zero-order valence-corrected chi connectivity index (χ0v) is 38.5. The lowest BCUT2D eigenvalue weighted by Gasteiger charge is -2.26. The number of nitrogens with one attached hydrogen (secondary N) is 1. The van der Waals surface area contributed by atoms with Gasteiger partial charge in [0.1, 0.15) is 17.8 Å². The third kappa shape index (κ3) is 7.24. The van der Waals surface area contributed by atoms with Gasteiger partial charge < -0.3 is 14.3 Å². The van der Waals surface area contributed by atoms with Crippen molar-refractivity contribution in [2.24, 2.45) is 9.98 Å². The van der Waals surface area contributed by atoms with Crippen LogP contribution in [-0.4, -0.2) is 16.2 Å². The highest BCUT2D eigenvalue weighted by molar-refractivity contribution is 6.20. The minimum Gasteiger partial charge on any atom is -0.458 e. The van der Waals surface area contributed by atoms with Crippen LogP contribution in [-0.2, 0) is 6.42 Å². The first kappa shape index (κ1) is 40.7. The summed E-state index contributed by atoms with van der Waals surface area (Å²) in [5.41, 5.74) is 19.2. The number of para-hydroxylation sites is 1. The molecule has 0 bridgehead atoms. The second-order valence-corrected chi connectivity index (χ2v) is 19.1. The van der Waals surface area contributed by atoms with Crippen molar-refractivity contribution < 1.29 is 4.42 Å². The smallest absolute Gasteiger partial charge is 0.160 e. The molecule has 1 N–H and O–H groups in total. The van der Waals surface area contributed by atoms with E-state index in [1.807, 2.05) is 0 Å². The van der Waals surface area contributed by atoms with E-state index in [0.717, 1.165) is 120 Å². The van der Waals surface area contributed by atoms with E-state index in [-0.39, 0.29) is 6.17 Å². The minimum absolute atomic E-state index is 0.301. The number of furan rings is 1. The molecule has 0 spiro atoms. The lowest BCUT2D eigenvalue weighted by molar-refractivity contribution is 0.547. The zero-order chi connectivity index (χ0) is 45.0. The first-order chi connectivity index (χ1) is 33.7. The molecule has 5 heteroatoms. The number of amidine groups is 2. The summed E-state index contributed by atoms with van der Waals surface area (Å²) in [5, 5.41) is 7.39. The van der Waals surface area contributed by atoms with E-state index in [1.54, 1.807) is 0 Å². The van der Waals surface area contributed by atoms with Crippen LogP contribution in [0.2, 0.25) is 0 Å². The van der Waals surface area contributed by atoms with Crippen molar-refractivity contribution in [2.45, 2.75) is 83.2 Å². The maximum atomic E-state index is 7.20. The zero-order valence-electron chi connectivity index (χ0n) is 38.5. The number of benzene rings is 5. The molecule has 0 saturated heterocycles. The van der Waals surface area contributed by atoms with Gasteiger partial charge in [0.2, 0.25) is 0 Å². The van der Waals surface area contributed by atoms with E-state index in [2.05, 4.69) is 180 Å². The van der Waals surface area contributed by atoms with Gasteiger partial charge >= 0.3 is 0 Å². The molecule has 3 heterocycles. The Morgan fingerprint density at radius 3 is 2.28 bits per heavy atom. The number of aromatic nitrogens is 1. The number of aliphatic imine (C=N–C) groups is 2. The number of fused-ring (bicyclic) bond motifs is 7. The van der Waals surface area contributed by atoms with Gasteiger partial charge in [-0.05, 0) is 169 Å². The van der Waals surface area contributed by atoms with Crippen LogP contribution in [0.4, 0.5) is 0 Å². The van der Waals surface area contributed by atoms with Crippen LogP contribution in [0.5, 0.6) is 0 Å². The van der Waals surface area contributed by atoms with Gasteiger partial charge in [0.15, 0.2) is 11.4 Å². The van der Waals surface area contributed by atoms with E-state index >= 15 is 0 Å². The molecule has 0 radical (unpaired) electrons. The van der Waals surface area contributed by atoms with Gasteiger partial charge in [-0.2, -0.15) is 0 Å². The van der Waals surface area contributed by atoms with Gasteiger partial charge in [-0.25, -0.2) is 9.98 Å². The summed E-state index contributed by atoms with van der Waals surface area (Å²) in [6.07, 6.45) is 37.6. The number of hydrogen-bond acceptors (Lipinski definition) is 4. The van der Waals surface area contributed by atoms with E-state index in [0.29, 0.717) is 0 Å². The fourth-order valence-electron chi connectivity index (χ4n) is 11.4. The Kier molecular flexibility index (Phi) is 10.4. The lowest BCUT2D eigenvalue weighted by atomic mass is 9.84. The Morgan fingerprint density at radius 2 is 1.44 bits per heavy atom. The van der Waals surface area contributed by atoms with E-state index in [1.165, 1.54) is 79.4 Å². The van der Waals surface area contributed by atoms with Crippen molar-refractivity contribution in [3.05, 3.63) is 215 Å². The number of aryl methyl sites for hydroxylation is 1. The largest absolute Gasteiger partial charge is 0.458 e. The molecule has 5 aliphatic carbocycles. The van der Waals surface area contributed by atoms with Gasteiger partial charge in [-0.3, -0.25) is 0 Å². The summed E-state index contributed by atoms with van der Waals surface area (Å²) >= 11 is 0. The van der Waals surface area contributed by atoms with Crippen LogP contribution >= 0.6 is 0 Å². The fourth-order valence-corrected chi connectivity index (χ4v) is 11.4. The Morgan fingerprint density at radius 1 is 0.588 bits per heavy atom. The third-order valence-corrected chi connectivity index (χ3v) is 14.8. The number of rotatable bonds is 8. The number of nitrogens with zero attached hydrogens (tertiary/aromatic N) is 3. The van der Waals surface area contributed by atoms with Crippen molar-refractivity contribution in [1.29, 1.82) is 0 Å². The highest BCUT2D eigenvalue weighted by atomic mass is 16.3. The van der Waals surface area contributed by atoms with Crippen molar-refractivity contribution in [1.82, 2.24) is 9.88 Å². The van der Waals surface area contributed by atoms with Crippen LogP contribution in [0.25, 0.3) is 66.3 Å². The van der Waals surface area contributed by atoms with Gasteiger partial charge in [0.25, 0.3) is 0 Å². The molecular weight excluding hydrogens is 829 g/mol. The van der Waals surface area contributed by atoms with Crippen LogP contribution in [0.3, 0.4) is 0 Å². The molecular formula is C63H54N4O. The molecule has 13 rings (SSSR count).